The molecule has 0 spiro atoms. The van der Waals surface area contributed by atoms with Crippen molar-refractivity contribution >= 4 is 34.8 Å². The van der Waals surface area contributed by atoms with Crippen molar-refractivity contribution in [2.24, 2.45) is 0 Å². The predicted molar refractivity (Wildman–Crippen MR) is 116 cm³/mol. The summed E-state index contributed by atoms with van der Waals surface area (Å²) in [6, 6.07) is 21.3. The van der Waals surface area contributed by atoms with Gasteiger partial charge in [0.1, 0.15) is 23.8 Å². The van der Waals surface area contributed by atoms with Crippen LogP contribution in [0.3, 0.4) is 0 Å². The van der Waals surface area contributed by atoms with Crippen LogP contribution in [0.4, 0.5) is 11.4 Å². The van der Waals surface area contributed by atoms with Crippen molar-refractivity contribution < 1.29 is 19.1 Å². The minimum atomic E-state index is -0.306. The van der Waals surface area contributed by atoms with E-state index in [1.165, 1.54) is 4.90 Å². The molecule has 0 aromatic heterocycles. The Morgan fingerprint density at radius 3 is 2.57 bits per heavy atom. The monoisotopic (exact) mass is 422 g/mol. The van der Waals surface area contributed by atoms with Gasteiger partial charge < -0.3 is 14.8 Å². The zero-order chi connectivity index (χ0) is 20.9. The second-order valence-corrected chi connectivity index (χ2v) is 7.06. The molecule has 1 aliphatic heterocycles. The molecule has 3 aromatic carbocycles. The van der Waals surface area contributed by atoms with Gasteiger partial charge in [0.15, 0.2) is 0 Å². The Kier molecular flexibility index (Phi) is 5.86. The number of halogens is 1. The fraction of sp³-hybridized carbons (Fsp3) is 0.130. The van der Waals surface area contributed by atoms with Crippen molar-refractivity contribution in [3.05, 3.63) is 77.8 Å². The number of rotatable bonds is 5. The van der Waals surface area contributed by atoms with Gasteiger partial charge in [-0.1, -0.05) is 35.9 Å². The van der Waals surface area contributed by atoms with E-state index >= 15 is 0 Å². The number of nitrogens with zero attached hydrogens (tertiary/aromatic N) is 1. The average Bonchev–Trinajstić information content (AvgIpc) is 2.90. The fourth-order valence-electron chi connectivity index (χ4n) is 3.10. The van der Waals surface area contributed by atoms with Crippen LogP contribution in [0.15, 0.2) is 72.8 Å². The Morgan fingerprint density at radius 1 is 1.03 bits per heavy atom. The number of carbonyl (C=O) groups excluding carboxylic acids is 2. The standard InChI is InChI=1S/C23H19ClN2O4/c24-18-5-1-3-7-20(18)30-17-11-9-16(10-12-17)25-22(27)15-26-19-6-2-4-8-21(19)29-14-13-23(26)28/h1-12H,13-15H2,(H,25,27). The molecule has 1 aliphatic rings. The molecule has 0 unspecified atom stereocenters. The molecule has 2 amide bonds. The van der Waals surface area contributed by atoms with E-state index in [1.807, 2.05) is 24.3 Å². The lowest BCUT2D eigenvalue weighted by atomic mass is 10.2. The van der Waals surface area contributed by atoms with Gasteiger partial charge in [-0.25, -0.2) is 0 Å². The molecule has 1 heterocycles. The summed E-state index contributed by atoms with van der Waals surface area (Å²) in [6.07, 6.45) is 0.218. The Bertz CT molecular complexity index is 1070. The molecule has 6 nitrogen and oxygen atoms in total. The second-order valence-electron chi connectivity index (χ2n) is 6.65. The molecular weight excluding hydrogens is 404 g/mol. The lowest BCUT2D eigenvalue weighted by Gasteiger charge is -2.21. The molecule has 152 valence electrons. The van der Waals surface area contributed by atoms with Gasteiger partial charge in [0.2, 0.25) is 11.8 Å². The fourth-order valence-corrected chi connectivity index (χ4v) is 3.27. The molecule has 30 heavy (non-hydrogen) atoms. The summed E-state index contributed by atoms with van der Waals surface area (Å²) in [5, 5.41) is 3.32. The molecule has 0 aliphatic carbocycles. The minimum absolute atomic E-state index is 0.100. The first kappa shape index (κ1) is 19.8. The number of hydrogen-bond acceptors (Lipinski definition) is 4. The van der Waals surface area contributed by atoms with Crippen molar-refractivity contribution in [3.8, 4) is 17.2 Å². The first-order chi connectivity index (χ1) is 14.6. The number of hydrogen-bond donors (Lipinski definition) is 1. The van der Waals surface area contributed by atoms with Gasteiger partial charge >= 0.3 is 0 Å². The van der Waals surface area contributed by atoms with Crippen LogP contribution in [-0.2, 0) is 9.59 Å². The summed E-state index contributed by atoms with van der Waals surface area (Å²) >= 11 is 6.10. The van der Waals surface area contributed by atoms with Gasteiger partial charge in [0.25, 0.3) is 0 Å². The van der Waals surface area contributed by atoms with Crippen molar-refractivity contribution in [2.75, 3.05) is 23.4 Å². The highest BCUT2D eigenvalue weighted by molar-refractivity contribution is 6.32. The third-order valence-electron chi connectivity index (χ3n) is 4.53. The first-order valence-electron chi connectivity index (χ1n) is 9.44. The molecule has 0 saturated heterocycles. The van der Waals surface area contributed by atoms with Crippen LogP contribution in [0.1, 0.15) is 6.42 Å². The summed E-state index contributed by atoms with van der Waals surface area (Å²) in [5.41, 5.74) is 1.19. The van der Waals surface area contributed by atoms with Crippen molar-refractivity contribution in [2.45, 2.75) is 6.42 Å². The van der Waals surface area contributed by atoms with E-state index in [2.05, 4.69) is 5.32 Å². The van der Waals surface area contributed by atoms with Gasteiger partial charge in [-0.05, 0) is 48.5 Å². The topological polar surface area (TPSA) is 67.9 Å². The number of carbonyl (C=O) groups is 2. The number of fused-ring (bicyclic) bond motifs is 1. The van der Waals surface area contributed by atoms with Crippen LogP contribution < -0.4 is 19.7 Å². The summed E-state index contributed by atoms with van der Waals surface area (Å²) in [6.45, 7) is 0.192. The minimum Gasteiger partial charge on any atom is -0.491 e. The van der Waals surface area contributed by atoms with Crippen LogP contribution in [0, 0.1) is 0 Å². The van der Waals surface area contributed by atoms with Crippen molar-refractivity contribution in [3.63, 3.8) is 0 Å². The Morgan fingerprint density at radius 2 is 1.77 bits per heavy atom. The molecule has 0 saturated carbocycles. The highest BCUT2D eigenvalue weighted by Crippen LogP contribution is 2.31. The quantitative estimate of drug-likeness (QED) is 0.635. The van der Waals surface area contributed by atoms with Gasteiger partial charge in [0.05, 0.1) is 23.7 Å². The largest absolute Gasteiger partial charge is 0.491 e. The van der Waals surface area contributed by atoms with Crippen molar-refractivity contribution in [1.29, 1.82) is 0 Å². The number of nitrogens with one attached hydrogen (secondary N) is 1. The van der Waals surface area contributed by atoms with E-state index in [0.29, 0.717) is 40.3 Å². The van der Waals surface area contributed by atoms with E-state index < -0.39 is 0 Å². The zero-order valence-corrected chi connectivity index (χ0v) is 16.8. The molecule has 0 fully saturated rings. The third kappa shape index (κ3) is 4.55. The van der Waals surface area contributed by atoms with Crippen molar-refractivity contribution in [1.82, 2.24) is 0 Å². The Labute approximate surface area is 179 Å². The molecule has 7 heteroatoms. The summed E-state index contributed by atoms with van der Waals surface area (Å²) in [4.78, 5) is 26.5. The average molecular weight is 423 g/mol. The van der Waals surface area contributed by atoms with Crippen LogP contribution >= 0.6 is 11.6 Å². The van der Waals surface area contributed by atoms with Gasteiger partial charge in [-0.15, -0.1) is 0 Å². The maximum Gasteiger partial charge on any atom is 0.244 e. The molecule has 4 rings (SSSR count). The van der Waals surface area contributed by atoms with Crippen LogP contribution in [0.25, 0.3) is 0 Å². The zero-order valence-electron chi connectivity index (χ0n) is 16.0. The van der Waals surface area contributed by atoms with E-state index in [-0.39, 0.29) is 24.8 Å². The Hall–Kier alpha value is -3.51. The normalized spacial score (nSPS) is 13.1. The highest BCUT2D eigenvalue weighted by Gasteiger charge is 2.25. The summed E-state index contributed by atoms with van der Waals surface area (Å²) < 4.78 is 11.3. The van der Waals surface area contributed by atoms with Crippen LogP contribution in [-0.4, -0.2) is 25.0 Å². The first-order valence-corrected chi connectivity index (χ1v) is 9.82. The smallest absolute Gasteiger partial charge is 0.244 e. The van der Waals surface area contributed by atoms with E-state index in [0.717, 1.165) is 0 Å². The predicted octanol–water partition coefficient (Wildman–Crippen LogP) is 4.89. The summed E-state index contributed by atoms with van der Waals surface area (Å²) in [7, 11) is 0. The lowest BCUT2D eigenvalue weighted by molar-refractivity contribution is -0.121. The van der Waals surface area contributed by atoms with E-state index in [9.17, 15) is 9.59 Å². The molecular formula is C23H19ClN2O4. The van der Waals surface area contributed by atoms with E-state index in [4.69, 9.17) is 21.1 Å². The maximum atomic E-state index is 12.6. The lowest BCUT2D eigenvalue weighted by Crippen LogP contribution is -2.37. The molecule has 0 atom stereocenters. The number of anilines is 2. The third-order valence-corrected chi connectivity index (χ3v) is 4.85. The molecule has 3 aromatic rings. The molecule has 1 N–H and O–H groups in total. The number of benzene rings is 3. The molecule has 0 bridgehead atoms. The number of ether oxygens (including phenoxy) is 2. The maximum absolute atomic E-state index is 12.6. The Balaban J connectivity index is 1.42. The van der Waals surface area contributed by atoms with E-state index in [1.54, 1.807) is 48.5 Å². The van der Waals surface area contributed by atoms with Gasteiger partial charge in [-0.2, -0.15) is 0 Å². The van der Waals surface area contributed by atoms with Crippen LogP contribution in [0.5, 0.6) is 17.2 Å². The second kappa shape index (κ2) is 8.88. The van der Waals surface area contributed by atoms with Crippen LogP contribution in [0.2, 0.25) is 5.02 Å². The van der Waals surface area contributed by atoms with Gasteiger partial charge in [-0.3, -0.25) is 14.5 Å². The highest BCUT2D eigenvalue weighted by atomic mass is 35.5. The van der Waals surface area contributed by atoms with Gasteiger partial charge in [0, 0.05) is 5.69 Å². The number of para-hydroxylation sites is 3. The number of amides is 2. The summed E-state index contributed by atoms with van der Waals surface area (Å²) in [5.74, 6) is 1.28. The molecule has 0 radical (unpaired) electrons. The SMILES string of the molecule is O=C(CN1C(=O)CCOc2ccccc21)Nc1ccc(Oc2ccccc2Cl)cc1.